The van der Waals surface area contributed by atoms with E-state index in [2.05, 4.69) is 25.8 Å². The number of pyridine rings is 1. The van der Waals surface area contributed by atoms with Crippen molar-refractivity contribution in [1.82, 2.24) is 20.5 Å². The molecule has 0 aliphatic carbocycles. The number of nitrogens with one attached hydrogen (secondary N) is 3. The predicted octanol–water partition coefficient (Wildman–Crippen LogP) is 3.60. The van der Waals surface area contributed by atoms with Gasteiger partial charge in [-0.2, -0.15) is 13.2 Å². The van der Waals surface area contributed by atoms with E-state index in [1.54, 1.807) is 11.1 Å². The highest BCUT2D eigenvalue weighted by Gasteiger charge is 2.37. The van der Waals surface area contributed by atoms with Gasteiger partial charge in [0, 0.05) is 48.8 Å². The molecule has 8 nitrogen and oxygen atoms in total. The molecule has 1 aromatic carbocycles. The molecule has 2 unspecified atom stereocenters. The van der Waals surface area contributed by atoms with E-state index in [4.69, 9.17) is 4.74 Å². The normalized spacial score (nSPS) is 22.8. The van der Waals surface area contributed by atoms with Gasteiger partial charge in [0.15, 0.2) is 0 Å². The maximum absolute atomic E-state index is 13.7. The number of aromatic nitrogens is 1. The molecule has 3 aliphatic rings. The van der Waals surface area contributed by atoms with E-state index in [1.807, 2.05) is 44.2 Å². The molecule has 210 valence electrons. The number of benzene rings is 1. The zero-order valence-corrected chi connectivity index (χ0v) is 22.1. The summed E-state index contributed by atoms with van der Waals surface area (Å²) in [7, 11) is 0. The molecule has 0 spiro atoms. The third-order valence-corrected chi connectivity index (χ3v) is 7.50. The number of alkyl halides is 3. The zero-order chi connectivity index (χ0) is 27.6. The SMILES string of the molecule is CC(C)(CO)c1ccc(NC2NC(N3CCOCC3)NC3=C2CCN(c2ncccc2C(F)(F)F)C=C3)cc1. The molecule has 2 atom stereocenters. The van der Waals surface area contributed by atoms with Crippen LogP contribution in [0.5, 0.6) is 0 Å². The van der Waals surface area contributed by atoms with Gasteiger partial charge in [0.25, 0.3) is 0 Å². The van der Waals surface area contributed by atoms with Crippen LogP contribution in [0.4, 0.5) is 24.7 Å². The van der Waals surface area contributed by atoms with Gasteiger partial charge in [-0.15, -0.1) is 0 Å². The van der Waals surface area contributed by atoms with Crippen LogP contribution >= 0.6 is 0 Å². The van der Waals surface area contributed by atoms with Gasteiger partial charge in [-0.3, -0.25) is 10.2 Å². The van der Waals surface area contributed by atoms with Crippen molar-refractivity contribution < 1.29 is 23.0 Å². The molecule has 0 saturated carbocycles. The third kappa shape index (κ3) is 6.06. The van der Waals surface area contributed by atoms with Crippen LogP contribution in [0.25, 0.3) is 0 Å². The first-order chi connectivity index (χ1) is 18.7. The van der Waals surface area contributed by atoms with Gasteiger partial charge >= 0.3 is 6.18 Å². The maximum atomic E-state index is 13.7. The molecule has 0 bridgehead atoms. The van der Waals surface area contributed by atoms with Gasteiger partial charge in [0.2, 0.25) is 0 Å². The topological polar surface area (TPSA) is 84.9 Å². The number of aliphatic hydroxyl groups excluding tert-OH is 1. The number of hydrogen-bond donors (Lipinski definition) is 4. The van der Waals surface area contributed by atoms with Gasteiger partial charge in [-0.05, 0) is 47.9 Å². The zero-order valence-electron chi connectivity index (χ0n) is 22.1. The Morgan fingerprint density at radius 2 is 1.85 bits per heavy atom. The first-order valence-electron chi connectivity index (χ1n) is 13.2. The van der Waals surface area contributed by atoms with Crippen molar-refractivity contribution in [2.75, 3.05) is 49.7 Å². The molecule has 1 fully saturated rings. The Labute approximate surface area is 226 Å². The number of hydrogen-bond acceptors (Lipinski definition) is 8. The molecule has 1 saturated heterocycles. The number of halogens is 3. The fourth-order valence-electron chi connectivity index (χ4n) is 5.07. The molecule has 0 amide bonds. The second kappa shape index (κ2) is 11.2. The second-order valence-electron chi connectivity index (χ2n) is 10.6. The largest absolute Gasteiger partial charge is 0.419 e. The van der Waals surface area contributed by atoms with Crippen LogP contribution in [-0.2, 0) is 16.3 Å². The lowest BCUT2D eigenvalue weighted by molar-refractivity contribution is -0.137. The Kier molecular flexibility index (Phi) is 7.86. The first kappa shape index (κ1) is 27.4. The number of aliphatic hydroxyl groups is 1. The van der Waals surface area contributed by atoms with E-state index >= 15 is 0 Å². The van der Waals surface area contributed by atoms with E-state index in [9.17, 15) is 18.3 Å². The molecule has 3 aliphatic heterocycles. The molecule has 11 heteroatoms. The van der Waals surface area contributed by atoms with Crippen LogP contribution < -0.4 is 20.9 Å². The van der Waals surface area contributed by atoms with Gasteiger partial charge in [-0.1, -0.05) is 26.0 Å². The summed E-state index contributed by atoms with van der Waals surface area (Å²) in [5, 5.41) is 20.5. The smallest absolute Gasteiger partial charge is 0.395 e. The minimum atomic E-state index is -4.50. The Morgan fingerprint density at radius 1 is 1.10 bits per heavy atom. The van der Waals surface area contributed by atoms with Crippen molar-refractivity contribution >= 4 is 11.5 Å². The Hall–Kier alpha value is -3.12. The monoisotopic (exact) mass is 544 g/mol. The number of nitrogens with zero attached hydrogens (tertiary/aromatic N) is 3. The van der Waals surface area contributed by atoms with Crippen molar-refractivity contribution in [3.05, 3.63) is 77.3 Å². The van der Waals surface area contributed by atoms with Gasteiger partial charge < -0.3 is 25.4 Å². The van der Waals surface area contributed by atoms with Crippen molar-refractivity contribution in [3.8, 4) is 0 Å². The predicted molar refractivity (Wildman–Crippen MR) is 144 cm³/mol. The van der Waals surface area contributed by atoms with Crippen molar-refractivity contribution in [3.63, 3.8) is 0 Å². The Balaban J connectivity index is 1.41. The molecule has 1 aromatic heterocycles. The van der Waals surface area contributed by atoms with Gasteiger partial charge in [0.05, 0.1) is 25.4 Å². The number of ether oxygens (including phenoxy) is 1. The lowest BCUT2D eigenvalue weighted by atomic mass is 9.85. The average molecular weight is 545 g/mol. The van der Waals surface area contributed by atoms with Crippen molar-refractivity contribution in [2.24, 2.45) is 0 Å². The maximum Gasteiger partial charge on any atom is 0.419 e. The van der Waals surface area contributed by atoms with E-state index in [-0.39, 0.29) is 30.3 Å². The summed E-state index contributed by atoms with van der Waals surface area (Å²) in [5.41, 5.74) is 2.71. The number of allylic oxidation sites excluding steroid dienone is 1. The summed E-state index contributed by atoms with van der Waals surface area (Å²) in [4.78, 5) is 7.90. The minimum absolute atomic E-state index is 0.0439. The summed E-state index contributed by atoms with van der Waals surface area (Å²) in [6, 6.07) is 10.4. The number of anilines is 2. The van der Waals surface area contributed by atoms with E-state index < -0.39 is 11.7 Å². The fourth-order valence-corrected chi connectivity index (χ4v) is 5.07. The fraction of sp³-hybridized carbons (Fsp3) is 0.464. The Morgan fingerprint density at radius 3 is 2.54 bits per heavy atom. The quantitative estimate of drug-likeness (QED) is 0.439. The molecule has 0 radical (unpaired) electrons. The average Bonchev–Trinajstić information content (AvgIpc) is 3.16. The first-order valence-corrected chi connectivity index (χ1v) is 13.2. The summed E-state index contributed by atoms with van der Waals surface area (Å²) in [6.45, 7) is 7.13. The van der Waals surface area contributed by atoms with Crippen LogP contribution in [0.15, 0.2) is 66.1 Å². The highest BCUT2D eigenvalue weighted by atomic mass is 19.4. The molecule has 2 aromatic rings. The minimum Gasteiger partial charge on any atom is -0.395 e. The summed E-state index contributed by atoms with van der Waals surface area (Å²) in [5.74, 6) is -0.106. The van der Waals surface area contributed by atoms with Gasteiger partial charge in [-0.25, -0.2) is 4.98 Å². The molecule has 4 N–H and O–H groups in total. The van der Waals surface area contributed by atoms with Crippen LogP contribution in [-0.4, -0.2) is 66.9 Å². The number of rotatable bonds is 6. The molecular weight excluding hydrogens is 509 g/mol. The number of morpholine rings is 1. The van der Waals surface area contributed by atoms with Gasteiger partial charge in [0.1, 0.15) is 18.3 Å². The van der Waals surface area contributed by atoms with Crippen LogP contribution in [0.3, 0.4) is 0 Å². The molecule has 4 heterocycles. The van der Waals surface area contributed by atoms with Crippen LogP contribution in [0.2, 0.25) is 0 Å². The molecule has 5 rings (SSSR count). The molecular formula is C28H35F3N6O2. The van der Waals surface area contributed by atoms with E-state index in [0.717, 1.165) is 41.7 Å². The second-order valence-corrected chi connectivity index (χ2v) is 10.6. The Bertz CT molecular complexity index is 1210. The summed E-state index contributed by atoms with van der Waals surface area (Å²) < 4.78 is 46.7. The summed E-state index contributed by atoms with van der Waals surface area (Å²) >= 11 is 0. The van der Waals surface area contributed by atoms with E-state index in [1.165, 1.54) is 12.3 Å². The van der Waals surface area contributed by atoms with Crippen LogP contribution in [0, 0.1) is 0 Å². The lowest BCUT2D eigenvalue weighted by Crippen LogP contribution is -2.64. The highest BCUT2D eigenvalue weighted by Crippen LogP contribution is 2.36. The summed E-state index contributed by atoms with van der Waals surface area (Å²) in [6.07, 6.45) is 0.468. The third-order valence-electron chi connectivity index (χ3n) is 7.50. The standard InChI is InChI=1S/C28H35F3N6O2/c1-27(2,18-38)19-5-7-20(8-6-19)33-24-21-9-12-36(25-22(28(29,30)31)4-3-11-32-25)13-10-23(21)34-26(35-24)37-14-16-39-17-15-37/h3-8,10-11,13,24,26,33-35,38H,9,12,14-18H2,1-2H3. The molecule has 39 heavy (non-hydrogen) atoms. The van der Waals surface area contributed by atoms with Crippen LogP contribution in [0.1, 0.15) is 31.4 Å². The van der Waals surface area contributed by atoms with E-state index in [0.29, 0.717) is 26.2 Å². The lowest BCUT2D eigenvalue weighted by Gasteiger charge is -2.42. The van der Waals surface area contributed by atoms with Crippen molar-refractivity contribution in [1.29, 1.82) is 0 Å². The highest BCUT2D eigenvalue weighted by molar-refractivity contribution is 5.54. The van der Waals surface area contributed by atoms with Crippen molar-refractivity contribution in [2.45, 2.75) is 44.3 Å².